The zero-order chi connectivity index (χ0) is 16.8. The minimum Gasteiger partial charge on any atom is -0.476 e. The van der Waals surface area contributed by atoms with Crippen LogP contribution in [0.25, 0.3) is 0 Å². The fourth-order valence-corrected chi connectivity index (χ4v) is 2.97. The largest absolute Gasteiger partial charge is 0.476 e. The SMILES string of the molecule is O=C(O)c1ccc(NC2CCN(CCc3ccccc3)CC2)nn1. The first kappa shape index (κ1) is 16.4. The lowest BCUT2D eigenvalue weighted by molar-refractivity contribution is 0.0689. The van der Waals surface area contributed by atoms with Crippen LogP contribution < -0.4 is 5.32 Å². The molecule has 0 unspecified atom stereocenters. The Balaban J connectivity index is 1.42. The maximum atomic E-state index is 10.8. The van der Waals surface area contributed by atoms with E-state index in [0.717, 1.165) is 38.9 Å². The molecule has 1 fully saturated rings. The van der Waals surface area contributed by atoms with E-state index in [2.05, 4.69) is 44.7 Å². The molecule has 1 aliphatic rings. The van der Waals surface area contributed by atoms with E-state index in [1.807, 2.05) is 6.07 Å². The smallest absolute Gasteiger partial charge is 0.356 e. The van der Waals surface area contributed by atoms with Crippen LogP contribution in [-0.2, 0) is 6.42 Å². The van der Waals surface area contributed by atoms with E-state index in [4.69, 9.17) is 5.11 Å². The van der Waals surface area contributed by atoms with Crippen molar-refractivity contribution in [3.8, 4) is 0 Å². The molecule has 3 rings (SSSR count). The first-order valence-electron chi connectivity index (χ1n) is 8.30. The monoisotopic (exact) mass is 326 g/mol. The van der Waals surface area contributed by atoms with Crippen LogP contribution in [0.5, 0.6) is 0 Å². The molecule has 0 atom stereocenters. The number of nitrogens with one attached hydrogen (secondary N) is 1. The lowest BCUT2D eigenvalue weighted by atomic mass is 10.0. The summed E-state index contributed by atoms with van der Waals surface area (Å²) in [6.07, 6.45) is 3.19. The van der Waals surface area contributed by atoms with Gasteiger partial charge in [-0.1, -0.05) is 30.3 Å². The number of carbonyl (C=O) groups is 1. The summed E-state index contributed by atoms with van der Waals surface area (Å²) in [4.78, 5) is 13.3. The third-order valence-corrected chi connectivity index (χ3v) is 4.38. The molecule has 6 nitrogen and oxygen atoms in total. The summed E-state index contributed by atoms with van der Waals surface area (Å²) < 4.78 is 0. The van der Waals surface area contributed by atoms with Crippen molar-refractivity contribution in [1.82, 2.24) is 15.1 Å². The minimum atomic E-state index is -1.05. The molecule has 0 bridgehead atoms. The highest BCUT2D eigenvalue weighted by molar-refractivity contribution is 5.85. The number of aromatic carboxylic acids is 1. The predicted octanol–water partition coefficient (Wildman–Crippen LogP) is 2.29. The number of aromatic nitrogens is 2. The molecule has 2 aromatic rings. The first-order chi connectivity index (χ1) is 11.7. The number of carboxylic acid groups (broad SMARTS) is 1. The number of carboxylic acids is 1. The van der Waals surface area contributed by atoms with Gasteiger partial charge in [-0.3, -0.25) is 0 Å². The van der Waals surface area contributed by atoms with E-state index >= 15 is 0 Å². The summed E-state index contributed by atoms with van der Waals surface area (Å²) in [5.74, 6) is -0.413. The Labute approximate surface area is 141 Å². The van der Waals surface area contributed by atoms with Crippen molar-refractivity contribution in [1.29, 1.82) is 0 Å². The summed E-state index contributed by atoms with van der Waals surface area (Å²) in [7, 11) is 0. The summed E-state index contributed by atoms with van der Waals surface area (Å²) in [5, 5.41) is 19.8. The molecule has 1 aromatic heterocycles. The van der Waals surface area contributed by atoms with E-state index in [-0.39, 0.29) is 5.69 Å². The van der Waals surface area contributed by atoms with Crippen LogP contribution in [-0.4, -0.2) is 51.8 Å². The van der Waals surface area contributed by atoms with E-state index in [1.54, 1.807) is 6.07 Å². The number of anilines is 1. The molecule has 24 heavy (non-hydrogen) atoms. The maximum absolute atomic E-state index is 10.8. The van der Waals surface area contributed by atoms with Gasteiger partial charge in [-0.15, -0.1) is 10.2 Å². The molecule has 126 valence electrons. The highest BCUT2D eigenvalue weighted by Gasteiger charge is 2.19. The number of piperidine rings is 1. The highest BCUT2D eigenvalue weighted by Crippen LogP contribution is 2.15. The van der Waals surface area contributed by atoms with Crippen molar-refractivity contribution in [3.05, 3.63) is 53.7 Å². The van der Waals surface area contributed by atoms with Crippen LogP contribution in [0.4, 0.5) is 5.82 Å². The molecule has 0 aliphatic carbocycles. The Morgan fingerprint density at radius 2 is 1.88 bits per heavy atom. The van der Waals surface area contributed by atoms with E-state index in [1.165, 1.54) is 11.6 Å². The quantitative estimate of drug-likeness (QED) is 0.848. The van der Waals surface area contributed by atoms with Gasteiger partial charge in [0.25, 0.3) is 0 Å². The van der Waals surface area contributed by atoms with Gasteiger partial charge in [0.1, 0.15) is 5.82 Å². The number of benzene rings is 1. The van der Waals surface area contributed by atoms with Crippen LogP contribution in [0, 0.1) is 0 Å². The van der Waals surface area contributed by atoms with Gasteiger partial charge in [0.2, 0.25) is 0 Å². The zero-order valence-corrected chi connectivity index (χ0v) is 13.6. The van der Waals surface area contributed by atoms with Crippen molar-refractivity contribution in [2.24, 2.45) is 0 Å². The fourth-order valence-electron chi connectivity index (χ4n) is 2.97. The van der Waals surface area contributed by atoms with Crippen molar-refractivity contribution in [3.63, 3.8) is 0 Å². The molecular formula is C18H22N4O2. The molecular weight excluding hydrogens is 304 g/mol. The molecule has 2 N–H and O–H groups in total. The molecule has 1 aromatic carbocycles. The van der Waals surface area contributed by atoms with Crippen molar-refractivity contribution in [2.75, 3.05) is 25.0 Å². The van der Waals surface area contributed by atoms with Gasteiger partial charge in [-0.25, -0.2) is 4.79 Å². The van der Waals surface area contributed by atoms with Gasteiger partial charge in [-0.2, -0.15) is 0 Å². The minimum absolute atomic E-state index is 0.0312. The average Bonchev–Trinajstić information content (AvgIpc) is 2.62. The van der Waals surface area contributed by atoms with Gasteiger partial charge >= 0.3 is 5.97 Å². The molecule has 0 spiro atoms. The Morgan fingerprint density at radius 1 is 1.12 bits per heavy atom. The second-order valence-electron chi connectivity index (χ2n) is 6.10. The van der Waals surface area contributed by atoms with Gasteiger partial charge in [0.15, 0.2) is 5.69 Å². The second kappa shape index (κ2) is 7.88. The number of hydrogen-bond donors (Lipinski definition) is 2. The summed E-state index contributed by atoms with van der Waals surface area (Å²) in [6, 6.07) is 14.1. The Morgan fingerprint density at radius 3 is 2.50 bits per heavy atom. The van der Waals surface area contributed by atoms with Crippen molar-refractivity contribution >= 4 is 11.8 Å². The van der Waals surface area contributed by atoms with Gasteiger partial charge in [0, 0.05) is 25.7 Å². The first-order valence-corrected chi connectivity index (χ1v) is 8.30. The average molecular weight is 326 g/mol. The van der Waals surface area contributed by atoms with E-state index < -0.39 is 5.97 Å². The zero-order valence-electron chi connectivity index (χ0n) is 13.6. The van der Waals surface area contributed by atoms with Crippen molar-refractivity contribution < 1.29 is 9.90 Å². The predicted molar refractivity (Wildman–Crippen MR) is 92.2 cm³/mol. The van der Waals surface area contributed by atoms with Crippen LogP contribution >= 0.6 is 0 Å². The standard InChI is InChI=1S/C18H22N4O2/c23-18(24)16-6-7-17(21-20-16)19-15-9-12-22(13-10-15)11-8-14-4-2-1-3-5-14/h1-7,15H,8-13H2,(H,19,21)(H,23,24). The lowest BCUT2D eigenvalue weighted by Crippen LogP contribution is -2.40. The number of hydrogen-bond acceptors (Lipinski definition) is 5. The van der Waals surface area contributed by atoms with Crippen LogP contribution in [0.15, 0.2) is 42.5 Å². The molecule has 2 heterocycles. The topological polar surface area (TPSA) is 78.4 Å². The van der Waals surface area contributed by atoms with Crippen molar-refractivity contribution in [2.45, 2.75) is 25.3 Å². The van der Waals surface area contributed by atoms with Crippen LogP contribution in [0.3, 0.4) is 0 Å². The van der Waals surface area contributed by atoms with Crippen LogP contribution in [0.2, 0.25) is 0 Å². The summed E-state index contributed by atoms with van der Waals surface area (Å²) in [6.45, 7) is 3.21. The number of nitrogens with zero attached hydrogens (tertiary/aromatic N) is 3. The molecule has 0 radical (unpaired) electrons. The fraction of sp³-hybridized carbons (Fsp3) is 0.389. The number of rotatable bonds is 6. The molecule has 1 aliphatic heterocycles. The molecule has 6 heteroatoms. The normalized spacial score (nSPS) is 16.0. The van der Waals surface area contributed by atoms with Crippen LogP contribution in [0.1, 0.15) is 28.9 Å². The Hall–Kier alpha value is -2.47. The van der Waals surface area contributed by atoms with Gasteiger partial charge in [-0.05, 0) is 37.0 Å². The third kappa shape index (κ3) is 4.52. The lowest BCUT2D eigenvalue weighted by Gasteiger charge is -2.32. The molecule has 0 amide bonds. The van der Waals surface area contributed by atoms with E-state index in [9.17, 15) is 4.79 Å². The van der Waals surface area contributed by atoms with Gasteiger partial charge in [0.05, 0.1) is 0 Å². The molecule has 0 saturated carbocycles. The second-order valence-corrected chi connectivity index (χ2v) is 6.10. The number of likely N-dealkylation sites (tertiary alicyclic amines) is 1. The summed E-state index contributed by atoms with van der Waals surface area (Å²) in [5.41, 5.74) is 1.35. The summed E-state index contributed by atoms with van der Waals surface area (Å²) >= 11 is 0. The Kier molecular flexibility index (Phi) is 5.38. The van der Waals surface area contributed by atoms with E-state index in [0.29, 0.717) is 11.9 Å². The van der Waals surface area contributed by atoms with Gasteiger partial charge < -0.3 is 15.3 Å². The highest BCUT2D eigenvalue weighted by atomic mass is 16.4. The third-order valence-electron chi connectivity index (χ3n) is 4.38. The Bertz CT molecular complexity index is 652. The maximum Gasteiger partial charge on any atom is 0.356 e. The molecule has 1 saturated heterocycles.